The summed E-state index contributed by atoms with van der Waals surface area (Å²) in [5, 5.41) is 0.136. The molecule has 0 atom stereocenters. The van der Waals surface area contributed by atoms with Crippen molar-refractivity contribution in [1.82, 2.24) is 0 Å². The molecule has 0 saturated heterocycles. The Morgan fingerprint density at radius 1 is 1.06 bits per heavy atom. The Morgan fingerprint density at radius 3 is 2.11 bits per heavy atom. The standard InChI is InChI=1S/C16H26ClSi/c1-6-15(2,3)12-13-18(17)16(4,5)14-10-8-7-9-11-14/h7-11H,6,12-13H2,1-5H3. The van der Waals surface area contributed by atoms with Gasteiger partial charge in [0, 0.05) is 0 Å². The first-order valence-electron chi connectivity index (χ1n) is 6.87. The van der Waals surface area contributed by atoms with Gasteiger partial charge in [0.25, 0.3) is 0 Å². The van der Waals surface area contributed by atoms with Gasteiger partial charge in [-0.25, -0.2) is 0 Å². The molecule has 0 N–H and O–H groups in total. The quantitative estimate of drug-likeness (QED) is 0.473. The fourth-order valence-electron chi connectivity index (χ4n) is 1.95. The zero-order valence-electron chi connectivity index (χ0n) is 12.4. The SMILES string of the molecule is CCC(C)(C)CC[Si](Cl)C(C)(C)c1ccccc1. The van der Waals surface area contributed by atoms with Crippen molar-refractivity contribution in [2.24, 2.45) is 5.41 Å². The second-order valence-electron chi connectivity index (χ2n) is 6.41. The van der Waals surface area contributed by atoms with Crippen molar-refractivity contribution in [1.29, 1.82) is 0 Å². The lowest BCUT2D eigenvalue weighted by Crippen LogP contribution is -2.34. The first-order valence-corrected chi connectivity index (χ1v) is 9.59. The third-order valence-electron chi connectivity index (χ3n) is 4.15. The normalized spacial score (nSPS) is 13.1. The maximum atomic E-state index is 6.77. The van der Waals surface area contributed by atoms with Crippen molar-refractivity contribution >= 4 is 19.2 Å². The van der Waals surface area contributed by atoms with E-state index in [1.54, 1.807) is 0 Å². The summed E-state index contributed by atoms with van der Waals surface area (Å²) >= 11 is 6.77. The van der Waals surface area contributed by atoms with Crippen LogP contribution in [0.15, 0.2) is 30.3 Å². The van der Waals surface area contributed by atoms with E-state index in [1.165, 1.54) is 24.4 Å². The van der Waals surface area contributed by atoms with Gasteiger partial charge in [-0.2, -0.15) is 11.1 Å². The Balaban J connectivity index is 2.69. The number of hydrogen-bond donors (Lipinski definition) is 0. The van der Waals surface area contributed by atoms with Crippen LogP contribution >= 0.6 is 11.1 Å². The molecule has 0 spiro atoms. The van der Waals surface area contributed by atoms with Gasteiger partial charge < -0.3 is 0 Å². The Labute approximate surface area is 119 Å². The second-order valence-corrected chi connectivity index (χ2v) is 10.3. The summed E-state index contributed by atoms with van der Waals surface area (Å²) in [6.45, 7) is 11.5. The average Bonchev–Trinajstić information content (AvgIpc) is 2.37. The topological polar surface area (TPSA) is 0 Å². The largest absolute Gasteiger partial charge is 0.175 e. The number of benzene rings is 1. The van der Waals surface area contributed by atoms with Crippen molar-refractivity contribution in [3.05, 3.63) is 35.9 Å². The minimum absolute atomic E-state index is 0.136. The minimum Gasteiger partial charge on any atom is -0.168 e. The summed E-state index contributed by atoms with van der Waals surface area (Å²) in [7, 11) is -0.889. The van der Waals surface area contributed by atoms with Gasteiger partial charge in [-0.3, -0.25) is 0 Å². The zero-order chi connectivity index (χ0) is 13.8. The Kier molecular flexibility index (Phi) is 5.48. The maximum absolute atomic E-state index is 6.77. The molecule has 0 heterocycles. The molecule has 18 heavy (non-hydrogen) atoms. The fraction of sp³-hybridized carbons (Fsp3) is 0.625. The predicted molar refractivity (Wildman–Crippen MR) is 84.6 cm³/mol. The molecule has 0 aliphatic rings. The first kappa shape index (κ1) is 15.8. The molecule has 1 aromatic carbocycles. The van der Waals surface area contributed by atoms with Crippen LogP contribution in [0.4, 0.5) is 0 Å². The smallest absolute Gasteiger partial charge is 0.168 e. The predicted octanol–water partition coefficient (Wildman–Crippen LogP) is 5.56. The lowest BCUT2D eigenvalue weighted by Gasteiger charge is -2.31. The summed E-state index contributed by atoms with van der Waals surface area (Å²) in [6, 6.07) is 11.9. The highest BCUT2D eigenvalue weighted by Gasteiger charge is 2.33. The van der Waals surface area contributed by atoms with Crippen LogP contribution in [0.1, 0.15) is 53.0 Å². The fourth-order valence-corrected chi connectivity index (χ4v) is 4.56. The van der Waals surface area contributed by atoms with Crippen LogP contribution in [0, 0.1) is 5.41 Å². The average molecular weight is 282 g/mol. The molecule has 0 aliphatic heterocycles. The van der Waals surface area contributed by atoms with Crippen LogP contribution in [0.2, 0.25) is 6.04 Å². The number of rotatable bonds is 6. The molecule has 0 unspecified atom stereocenters. The van der Waals surface area contributed by atoms with Gasteiger partial charge in [0.1, 0.15) is 0 Å². The van der Waals surface area contributed by atoms with Gasteiger partial charge in [-0.05, 0) is 28.5 Å². The van der Waals surface area contributed by atoms with E-state index >= 15 is 0 Å². The van der Waals surface area contributed by atoms with Crippen LogP contribution in [0.3, 0.4) is 0 Å². The van der Waals surface area contributed by atoms with Crippen molar-refractivity contribution in [2.75, 3.05) is 0 Å². The highest BCUT2D eigenvalue weighted by atomic mass is 35.6. The molecule has 101 valence electrons. The molecule has 1 rings (SSSR count). The highest BCUT2D eigenvalue weighted by molar-refractivity contribution is 7.08. The lowest BCUT2D eigenvalue weighted by atomic mass is 9.87. The summed E-state index contributed by atoms with van der Waals surface area (Å²) < 4.78 is 0. The van der Waals surface area contributed by atoms with Gasteiger partial charge in [0.2, 0.25) is 0 Å². The molecule has 0 amide bonds. The minimum atomic E-state index is -0.889. The monoisotopic (exact) mass is 281 g/mol. The Hall–Kier alpha value is -0.273. The van der Waals surface area contributed by atoms with Gasteiger partial charge >= 0.3 is 0 Å². The van der Waals surface area contributed by atoms with Crippen LogP contribution in [-0.2, 0) is 5.04 Å². The zero-order valence-corrected chi connectivity index (χ0v) is 14.1. The van der Waals surface area contributed by atoms with Crippen molar-refractivity contribution in [3.8, 4) is 0 Å². The van der Waals surface area contributed by atoms with Crippen molar-refractivity contribution in [3.63, 3.8) is 0 Å². The maximum Gasteiger partial charge on any atom is 0.175 e. The highest BCUT2D eigenvalue weighted by Crippen LogP contribution is 2.35. The molecule has 1 radical (unpaired) electrons. The summed E-state index contributed by atoms with van der Waals surface area (Å²) in [5.41, 5.74) is 1.81. The van der Waals surface area contributed by atoms with E-state index in [0.717, 1.165) is 0 Å². The van der Waals surface area contributed by atoms with Gasteiger partial charge in [0.05, 0.1) is 0 Å². The van der Waals surface area contributed by atoms with Crippen LogP contribution in [-0.4, -0.2) is 8.11 Å². The number of halogens is 1. The third-order valence-corrected chi connectivity index (χ3v) is 8.47. The lowest BCUT2D eigenvalue weighted by molar-refractivity contribution is 0.336. The molecular weight excluding hydrogens is 256 g/mol. The van der Waals surface area contributed by atoms with Gasteiger partial charge in [-0.1, -0.05) is 71.4 Å². The molecule has 1 aromatic rings. The van der Waals surface area contributed by atoms with E-state index in [2.05, 4.69) is 65.0 Å². The van der Waals surface area contributed by atoms with Crippen LogP contribution < -0.4 is 0 Å². The second kappa shape index (κ2) is 6.25. The van der Waals surface area contributed by atoms with Gasteiger partial charge in [-0.15, -0.1) is 0 Å². The van der Waals surface area contributed by atoms with E-state index in [1.807, 2.05) is 0 Å². The Morgan fingerprint density at radius 2 is 1.61 bits per heavy atom. The molecule has 0 fully saturated rings. The van der Waals surface area contributed by atoms with E-state index < -0.39 is 8.11 Å². The molecule has 0 aliphatic carbocycles. The Bertz CT molecular complexity index is 357. The van der Waals surface area contributed by atoms with Gasteiger partial charge in [0.15, 0.2) is 8.11 Å². The third kappa shape index (κ3) is 4.13. The van der Waals surface area contributed by atoms with E-state index in [0.29, 0.717) is 5.41 Å². The summed E-state index contributed by atoms with van der Waals surface area (Å²) in [4.78, 5) is 0. The first-order chi connectivity index (χ1) is 8.29. The summed E-state index contributed by atoms with van der Waals surface area (Å²) in [5.74, 6) is 0. The molecular formula is C16H26ClSi. The molecule has 0 bridgehead atoms. The molecule has 0 aromatic heterocycles. The molecule has 0 saturated carbocycles. The van der Waals surface area contributed by atoms with E-state index in [9.17, 15) is 0 Å². The van der Waals surface area contributed by atoms with Crippen LogP contribution in [0.5, 0.6) is 0 Å². The van der Waals surface area contributed by atoms with Crippen molar-refractivity contribution in [2.45, 2.75) is 58.5 Å². The van der Waals surface area contributed by atoms with E-state index in [4.69, 9.17) is 11.1 Å². The van der Waals surface area contributed by atoms with Crippen LogP contribution in [0.25, 0.3) is 0 Å². The summed E-state index contributed by atoms with van der Waals surface area (Å²) in [6.07, 6.45) is 2.46. The molecule has 0 nitrogen and oxygen atoms in total. The molecule has 2 heteroatoms. The number of hydrogen-bond acceptors (Lipinski definition) is 0. The van der Waals surface area contributed by atoms with Crippen molar-refractivity contribution < 1.29 is 0 Å². The van der Waals surface area contributed by atoms with E-state index in [-0.39, 0.29) is 5.04 Å².